The first-order valence-electron chi connectivity index (χ1n) is 19.5. The number of likely N-dealkylation sites (N-methyl/N-ethyl adjacent to an activating group) is 1. The first kappa shape index (κ1) is 44.7. The molecule has 4 aliphatic rings. The summed E-state index contributed by atoms with van der Waals surface area (Å²) in [5.74, 6) is -8.39. The van der Waals surface area contributed by atoms with Gasteiger partial charge in [0.05, 0.1) is 53.0 Å². The summed E-state index contributed by atoms with van der Waals surface area (Å²) in [5.41, 5.74) is -0.459. The van der Waals surface area contributed by atoms with Crippen LogP contribution >= 0.6 is 0 Å². The molecule has 9 atom stereocenters. The highest BCUT2D eigenvalue weighted by Crippen LogP contribution is 2.55. The van der Waals surface area contributed by atoms with Crippen molar-refractivity contribution >= 4 is 40.5 Å². The molecule has 0 saturated carbocycles. The summed E-state index contributed by atoms with van der Waals surface area (Å²) < 4.78 is 23.0. The highest BCUT2D eigenvalue weighted by molar-refractivity contribution is 6.23. The molecule has 0 spiro atoms. The number of fused-ring (bicyclic) bond motifs is 14. The number of ketones is 1. The van der Waals surface area contributed by atoms with Gasteiger partial charge in [0.2, 0.25) is 0 Å². The number of allylic oxidation sites excluding steroid dienone is 2. The number of phenols is 3. The SMILES string of the molecule is COC1C=COC2(C)Oc3c(C)c(O)c4c(O)c(c(C=NN5CCN(C)CC5)c(O)c4c3C2=O)NC(=O)C(C)=CC=CC(C)C(O)C(C)C(O)C(C)C(OC(=O)O)C1C. The summed E-state index contributed by atoms with van der Waals surface area (Å²) in [6, 6.07) is 0. The zero-order valence-electron chi connectivity index (χ0n) is 34.8. The van der Waals surface area contributed by atoms with E-state index in [9.17, 15) is 45.0 Å². The molecule has 17 heteroatoms. The van der Waals surface area contributed by atoms with Gasteiger partial charge in [0.1, 0.15) is 23.4 Å². The van der Waals surface area contributed by atoms with Crippen molar-refractivity contribution in [3.8, 4) is 23.0 Å². The predicted molar refractivity (Wildman–Crippen MR) is 218 cm³/mol. The molecule has 1 amide bonds. The summed E-state index contributed by atoms with van der Waals surface area (Å²) in [5, 5.41) is 76.3. The summed E-state index contributed by atoms with van der Waals surface area (Å²) >= 11 is 0. The van der Waals surface area contributed by atoms with Gasteiger partial charge in [-0.15, -0.1) is 0 Å². The first-order chi connectivity index (χ1) is 27.7. The second-order valence-corrected chi connectivity index (χ2v) is 15.9. The number of hydrogen-bond donors (Lipinski definition) is 7. The van der Waals surface area contributed by atoms with Crippen molar-refractivity contribution in [3.05, 3.63) is 52.8 Å². The third kappa shape index (κ3) is 8.83. The van der Waals surface area contributed by atoms with Gasteiger partial charge >= 0.3 is 11.9 Å². The van der Waals surface area contributed by atoms with Crippen LogP contribution in [0.2, 0.25) is 0 Å². The number of nitrogens with zero attached hydrogens (tertiary/aromatic N) is 3. The van der Waals surface area contributed by atoms with Crippen LogP contribution in [-0.2, 0) is 19.0 Å². The molecule has 0 aromatic heterocycles. The Balaban J connectivity index is 1.70. The van der Waals surface area contributed by atoms with Crippen LogP contribution in [0, 0.1) is 30.6 Å². The van der Waals surface area contributed by atoms with E-state index in [1.54, 1.807) is 44.9 Å². The summed E-state index contributed by atoms with van der Waals surface area (Å²) in [7, 11) is 3.35. The fourth-order valence-corrected chi connectivity index (χ4v) is 7.85. The number of aliphatic hydroxyl groups is 2. The number of aromatic hydroxyl groups is 3. The number of aliphatic hydroxyl groups excluding tert-OH is 2. The van der Waals surface area contributed by atoms with Gasteiger partial charge in [-0.25, -0.2) is 4.79 Å². The fourth-order valence-electron chi connectivity index (χ4n) is 7.85. The lowest BCUT2D eigenvalue weighted by Crippen LogP contribution is -2.46. The number of carboxylic acid groups (broad SMARTS) is 1. The monoisotopic (exact) mass is 824 g/mol. The highest BCUT2D eigenvalue weighted by Gasteiger charge is 2.50. The minimum Gasteiger partial charge on any atom is -0.507 e. The largest absolute Gasteiger partial charge is 0.507 e. The topological polar surface area (TPSA) is 240 Å². The number of hydrazone groups is 1. The van der Waals surface area contributed by atoms with Crippen molar-refractivity contribution in [2.45, 2.75) is 78.7 Å². The van der Waals surface area contributed by atoms with E-state index in [1.807, 2.05) is 7.05 Å². The number of nitrogens with one attached hydrogen (secondary N) is 1. The molecule has 17 nitrogen and oxygen atoms in total. The van der Waals surface area contributed by atoms with Crippen molar-refractivity contribution in [1.29, 1.82) is 0 Å². The van der Waals surface area contributed by atoms with Crippen molar-refractivity contribution in [2.24, 2.45) is 28.8 Å². The zero-order chi connectivity index (χ0) is 43.7. The van der Waals surface area contributed by atoms with E-state index < -0.39 is 89.0 Å². The Morgan fingerprint density at radius 1 is 0.949 bits per heavy atom. The van der Waals surface area contributed by atoms with Crippen LogP contribution in [0.3, 0.4) is 0 Å². The Morgan fingerprint density at radius 3 is 2.24 bits per heavy atom. The molecule has 59 heavy (non-hydrogen) atoms. The Labute approximate surface area is 342 Å². The van der Waals surface area contributed by atoms with Gasteiger partial charge in [-0.05, 0) is 27.0 Å². The third-order valence-corrected chi connectivity index (χ3v) is 11.8. The fraction of sp³-hybridized carbons (Fsp3) is 0.524. The van der Waals surface area contributed by atoms with Crippen LogP contribution < -0.4 is 10.1 Å². The minimum absolute atomic E-state index is 0.0323. The number of carbonyl (C=O) groups is 3. The molecule has 2 aromatic rings. The number of methoxy groups -OCH3 is 1. The molecule has 5 bridgehead atoms. The van der Waals surface area contributed by atoms with Crippen LogP contribution in [0.25, 0.3) is 10.8 Å². The Bertz CT molecular complexity index is 2070. The average molecular weight is 825 g/mol. The number of Topliss-reactive ketones (excluding diaryl/α,β-unsaturated/α-hetero) is 1. The maximum Gasteiger partial charge on any atom is 0.506 e. The lowest BCUT2D eigenvalue weighted by molar-refractivity contribution is -0.112. The standard InChI is InChI=1S/C42H56N4O13/c1-20-11-10-12-21(2)40(53)44-31-26(19-43-46-16-14-45(8)15-17-46)35(50)28-29(36(31)51)34(49)25(6)38-30(28)39(52)42(7,59-38)57-18-13-27(56-9)22(3)37(58-41(54)55)24(5)33(48)23(4)32(20)47/h10-13,18-20,22-24,27,32-33,37,47-51H,14-17H2,1-9H3,(H,44,53)(H,54,55). The number of ether oxygens (including phenoxy) is 4. The molecule has 1 saturated heterocycles. The molecule has 9 unspecified atom stereocenters. The van der Waals surface area contributed by atoms with Gasteiger partial charge in [0, 0.05) is 80.4 Å². The summed E-state index contributed by atoms with van der Waals surface area (Å²) in [6.45, 7) is 13.4. The molecule has 1 fully saturated rings. The molecule has 322 valence electrons. The molecule has 7 N–H and O–H groups in total. The van der Waals surface area contributed by atoms with Crippen LogP contribution in [0.1, 0.15) is 63.0 Å². The number of piperazine rings is 1. The molecule has 0 aliphatic carbocycles. The highest BCUT2D eigenvalue weighted by atomic mass is 16.7. The molecule has 6 rings (SSSR count). The zero-order valence-corrected chi connectivity index (χ0v) is 34.8. The third-order valence-electron chi connectivity index (χ3n) is 11.8. The molecule has 2 aromatic carbocycles. The number of benzene rings is 2. The van der Waals surface area contributed by atoms with Crippen molar-refractivity contribution < 1.29 is 64.0 Å². The van der Waals surface area contributed by atoms with Gasteiger partial charge in [-0.1, -0.05) is 45.9 Å². The van der Waals surface area contributed by atoms with Gasteiger partial charge < -0.3 is 59.8 Å². The molecule has 4 heterocycles. The number of phenolic OH excluding ortho intramolecular Hbond substituents is 3. The van der Waals surface area contributed by atoms with E-state index in [4.69, 9.17) is 18.9 Å². The second kappa shape index (κ2) is 17.9. The van der Waals surface area contributed by atoms with Crippen molar-refractivity contribution in [1.82, 2.24) is 9.91 Å². The van der Waals surface area contributed by atoms with Crippen LogP contribution in [0.5, 0.6) is 23.0 Å². The maximum atomic E-state index is 14.4. The van der Waals surface area contributed by atoms with Crippen molar-refractivity contribution in [3.63, 3.8) is 0 Å². The molecule has 0 radical (unpaired) electrons. The van der Waals surface area contributed by atoms with E-state index in [0.29, 0.717) is 26.2 Å². The quantitative estimate of drug-likeness (QED) is 0.0975. The van der Waals surface area contributed by atoms with Gasteiger partial charge in [-0.2, -0.15) is 5.10 Å². The molecular weight excluding hydrogens is 768 g/mol. The number of rotatable bonds is 4. The summed E-state index contributed by atoms with van der Waals surface area (Å²) in [6.07, 6.45) is 2.48. The lowest BCUT2D eigenvalue weighted by atomic mass is 9.78. The van der Waals surface area contributed by atoms with Crippen LogP contribution in [-0.4, -0.2) is 135 Å². The van der Waals surface area contributed by atoms with E-state index in [1.165, 1.54) is 46.2 Å². The van der Waals surface area contributed by atoms with Crippen LogP contribution in [0.15, 0.2) is 41.2 Å². The number of hydrogen-bond acceptors (Lipinski definition) is 15. The predicted octanol–water partition coefficient (Wildman–Crippen LogP) is 4.47. The Kier molecular flexibility index (Phi) is 13.5. The smallest absolute Gasteiger partial charge is 0.506 e. The minimum atomic E-state index is -2.08. The second-order valence-electron chi connectivity index (χ2n) is 15.9. The van der Waals surface area contributed by atoms with Gasteiger partial charge in [-0.3, -0.25) is 14.6 Å². The first-order valence-corrected chi connectivity index (χ1v) is 19.5. The van der Waals surface area contributed by atoms with E-state index >= 15 is 0 Å². The van der Waals surface area contributed by atoms with E-state index in [0.717, 1.165) is 6.26 Å². The average Bonchev–Trinajstić information content (AvgIpc) is 3.46. The van der Waals surface area contributed by atoms with Gasteiger partial charge in [0.25, 0.3) is 11.7 Å². The number of amides is 1. The normalized spacial score (nSPS) is 30.1. The number of anilines is 1. The Morgan fingerprint density at radius 2 is 1.61 bits per heavy atom. The lowest BCUT2D eigenvalue weighted by Gasteiger charge is -2.37. The number of carbonyl (C=O) groups excluding carboxylic acids is 2. The van der Waals surface area contributed by atoms with E-state index in [-0.39, 0.29) is 44.5 Å². The van der Waals surface area contributed by atoms with Crippen LogP contribution in [0.4, 0.5) is 10.5 Å². The summed E-state index contributed by atoms with van der Waals surface area (Å²) in [4.78, 5) is 42.1. The van der Waals surface area contributed by atoms with Gasteiger partial charge in [0.15, 0.2) is 5.75 Å². The molecular formula is C42H56N4O13. The maximum absolute atomic E-state index is 14.4. The van der Waals surface area contributed by atoms with Crippen molar-refractivity contribution in [2.75, 3.05) is 45.7 Å². The Hall–Kier alpha value is -5.36. The molecule has 4 aliphatic heterocycles. The van der Waals surface area contributed by atoms with E-state index in [2.05, 4.69) is 15.3 Å².